The monoisotopic (exact) mass is 329 g/mol. The minimum atomic E-state index is 0.560. The predicted octanol–water partition coefficient (Wildman–Crippen LogP) is 5.44. The van der Waals surface area contributed by atoms with Crippen molar-refractivity contribution in [3.05, 3.63) is 69.8 Å². The highest BCUT2D eigenvalue weighted by molar-refractivity contribution is 6.36. The summed E-state index contributed by atoms with van der Waals surface area (Å²) in [5.41, 5.74) is 3.83. The van der Waals surface area contributed by atoms with Gasteiger partial charge in [-0.2, -0.15) is 5.10 Å². The molecule has 5 heteroatoms. The SMILES string of the molecule is Cc1[nH]nc(N=Cc2ccc(Cl)cc2Cl)c1-c1ccccc1. The van der Waals surface area contributed by atoms with Crippen molar-refractivity contribution >= 4 is 35.2 Å². The molecule has 0 saturated heterocycles. The maximum atomic E-state index is 6.15. The van der Waals surface area contributed by atoms with Crippen molar-refractivity contribution in [1.29, 1.82) is 0 Å². The van der Waals surface area contributed by atoms with E-state index in [-0.39, 0.29) is 0 Å². The van der Waals surface area contributed by atoms with E-state index in [2.05, 4.69) is 15.2 Å². The van der Waals surface area contributed by atoms with Crippen LogP contribution in [-0.4, -0.2) is 16.4 Å². The van der Waals surface area contributed by atoms with Crippen LogP contribution in [0.15, 0.2) is 53.5 Å². The Morgan fingerprint density at radius 3 is 2.59 bits per heavy atom. The van der Waals surface area contributed by atoms with E-state index in [1.54, 1.807) is 18.3 Å². The molecule has 1 aromatic heterocycles. The number of aryl methyl sites for hydroxylation is 1. The lowest BCUT2D eigenvalue weighted by Crippen LogP contribution is -1.83. The fraction of sp³-hybridized carbons (Fsp3) is 0.0588. The number of H-pyrrole nitrogens is 1. The van der Waals surface area contributed by atoms with Crippen LogP contribution in [0.3, 0.4) is 0 Å². The molecule has 3 aromatic rings. The number of halogens is 2. The number of hydrogen-bond donors (Lipinski definition) is 1. The maximum absolute atomic E-state index is 6.15. The van der Waals surface area contributed by atoms with Gasteiger partial charge in [-0.1, -0.05) is 59.6 Å². The normalized spacial score (nSPS) is 11.2. The molecule has 2 aromatic carbocycles. The standard InChI is InChI=1S/C17H13Cl2N3/c1-11-16(12-5-3-2-4-6-12)17(22-21-11)20-10-13-7-8-14(18)9-15(13)19/h2-10H,1H3,(H,21,22). The highest BCUT2D eigenvalue weighted by atomic mass is 35.5. The summed E-state index contributed by atoms with van der Waals surface area (Å²) in [6, 6.07) is 15.3. The van der Waals surface area contributed by atoms with Gasteiger partial charge >= 0.3 is 0 Å². The molecule has 0 spiro atoms. The van der Waals surface area contributed by atoms with Crippen LogP contribution in [0.4, 0.5) is 5.82 Å². The third-order valence-corrected chi connectivity index (χ3v) is 3.84. The zero-order valence-electron chi connectivity index (χ0n) is 11.8. The van der Waals surface area contributed by atoms with E-state index in [0.717, 1.165) is 22.4 Å². The van der Waals surface area contributed by atoms with E-state index in [0.29, 0.717) is 15.9 Å². The highest BCUT2D eigenvalue weighted by Crippen LogP contribution is 2.31. The number of hydrogen-bond acceptors (Lipinski definition) is 2. The predicted molar refractivity (Wildman–Crippen MR) is 92.5 cm³/mol. The Balaban J connectivity index is 1.98. The lowest BCUT2D eigenvalue weighted by atomic mass is 10.1. The molecule has 3 nitrogen and oxygen atoms in total. The fourth-order valence-corrected chi connectivity index (χ4v) is 2.65. The van der Waals surface area contributed by atoms with Gasteiger partial charge in [-0.3, -0.25) is 5.10 Å². The average molecular weight is 330 g/mol. The second kappa shape index (κ2) is 6.34. The molecular weight excluding hydrogens is 317 g/mol. The average Bonchev–Trinajstić information content (AvgIpc) is 2.88. The summed E-state index contributed by atoms with van der Waals surface area (Å²) in [4.78, 5) is 4.47. The summed E-state index contributed by atoms with van der Waals surface area (Å²) in [6.07, 6.45) is 1.70. The van der Waals surface area contributed by atoms with Crippen LogP contribution in [0.2, 0.25) is 10.0 Å². The lowest BCUT2D eigenvalue weighted by Gasteiger charge is -2.01. The Bertz CT molecular complexity index is 823. The van der Waals surface area contributed by atoms with E-state index >= 15 is 0 Å². The van der Waals surface area contributed by atoms with E-state index in [9.17, 15) is 0 Å². The van der Waals surface area contributed by atoms with Gasteiger partial charge in [0.2, 0.25) is 0 Å². The second-order valence-corrected chi connectivity index (χ2v) is 5.68. The number of aromatic amines is 1. The molecule has 0 atom stereocenters. The third-order valence-electron chi connectivity index (χ3n) is 3.28. The van der Waals surface area contributed by atoms with Gasteiger partial charge in [0.05, 0.1) is 5.02 Å². The van der Waals surface area contributed by atoms with E-state index < -0.39 is 0 Å². The number of benzene rings is 2. The molecule has 0 bridgehead atoms. The fourth-order valence-electron chi connectivity index (χ4n) is 2.20. The van der Waals surface area contributed by atoms with Crippen LogP contribution in [0.1, 0.15) is 11.3 Å². The minimum Gasteiger partial charge on any atom is -0.280 e. The largest absolute Gasteiger partial charge is 0.280 e. The van der Waals surface area contributed by atoms with Crippen molar-refractivity contribution in [1.82, 2.24) is 10.2 Å². The van der Waals surface area contributed by atoms with Crippen molar-refractivity contribution < 1.29 is 0 Å². The molecule has 22 heavy (non-hydrogen) atoms. The topological polar surface area (TPSA) is 41.0 Å². The molecule has 110 valence electrons. The molecule has 1 heterocycles. The number of nitrogens with zero attached hydrogens (tertiary/aromatic N) is 2. The maximum Gasteiger partial charge on any atom is 0.181 e. The Hall–Kier alpha value is -2.10. The van der Waals surface area contributed by atoms with Crippen LogP contribution in [0.5, 0.6) is 0 Å². The quantitative estimate of drug-likeness (QED) is 0.638. The Labute approximate surface area is 138 Å². The van der Waals surface area contributed by atoms with E-state index in [4.69, 9.17) is 23.2 Å². The van der Waals surface area contributed by atoms with Crippen molar-refractivity contribution in [2.75, 3.05) is 0 Å². The summed E-state index contributed by atoms with van der Waals surface area (Å²) in [6.45, 7) is 1.98. The molecule has 0 radical (unpaired) electrons. The van der Waals surface area contributed by atoms with Crippen LogP contribution in [0.25, 0.3) is 11.1 Å². The van der Waals surface area contributed by atoms with Gasteiger partial charge in [-0.25, -0.2) is 4.99 Å². The van der Waals surface area contributed by atoms with Gasteiger partial charge in [0.15, 0.2) is 5.82 Å². The van der Waals surface area contributed by atoms with E-state index in [1.165, 1.54) is 0 Å². The molecule has 0 saturated carbocycles. The zero-order valence-corrected chi connectivity index (χ0v) is 13.4. The van der Waals surface area contributed by atoms with Gasteiger partial charge in [0.25, 0.3) is 0 Å². The summed E-state index contributed by atoms with van der Waals surface area (Å²) >= 11 is 12.1. The Kier molecular flexibility index (Phi) is 4.27. The first kappa shape index (κ1) is 14.8. The van der Waals surface area contributed by atoms with Gasteiger partial charge in [-0.15, -0.1) is 0 Å². The van der Waals surface area contributed by atoms with Gasteiger partial charge in [0, 0.05) is 28.1 Å². The molecule has 0 amide bonds. The first-order valence-electron chi connectivity index (χ1n) is 6.74. The molecule has 0 unspecified atom stereocenters. The Morgan fingerprint density at radius 1 is 1.09 bits per heavy atom. The van der Waals surface area contributed by atoms with Gasteiger partial charge < -0.3 is 0 Å². The number of aliphatic imine (C=N–C) groups is 1. The lowest BCUT2D eigenvalue weighted by molar-refractivity contribution is 1.04. The molecule has 0 fully saturated rings. The van der Waals surface area contributed by atoms with Crippen LogP contribution >= 0.6 is 23.2 Å². The van der Waals surface area contributed by atoms with Crippen molar-refractivity contribution in [2.24, 2.45) is 4.99 Å². The van der Waals surface area contributed by atoms with E-state index in [1.807, 2.05) is 43.3 Å². The number of rotatable bonds is 3. The molecular formula is C17H13Cl2N3. The molecule has 1 N–H and O–H groups in total. The Morgan fingerprint density at radius 2 is 1.86 bits per heavy atom. The van der Waals surface area contributed by atoms with Crippen LogP contribution in [-0.2, 0) is 0 Å². The molecule has 0 aliphatic carbocycles. The summed E-state index contributed by atoms with van der Waals surface area (Å²) < 4.78 is 0. The van der Waals surface area contributed by atoms with Crippen LogP contribution < -0.4 is 0 Å². The smallest absolute Gasteiger partial charge is 0.181 e. The van der Waals surface area contributed by atoms with Crippen molar-refractivity contribution in [3.8, 4) is 11.1 Å². The first-order valence-corrected chi connectivity index (χ1v) is 7.50. The van der Waals surface area contributed by atoms with Gasteiger partial charge in [0.1, 0.15) is 0 Å². The number of aromatic nitrogens is 2. The zero-order chi connectivity index (χ0) is 15.5. The summed E-state index contributed by atoms with van der Waals surface area (Å²) in [5, 5.41) is 8.40. The highest BCUT2D eigenvalue weighted by Gasteiger charge is 2.11. The minimum absolute atomic E-state index is 0.560. The van der Waals surface area contributed by atoms with Crippen molar-refractivity contribution in [2.45, 2.75) is 6.92 Å². The van der Waals surface area contributed by atoms with Gasteiger partial charge in [-0.05, 0) is 24.6 Å². The summed E-state index contributed by atoms with van der Waals surface area (Å²) in [7, 11) is 0. The first-order chi connectivity index (χ1) is 10.6. The molecule has 3 rings (SSSR count). The van der Waals surface area contributed by atoms with Crippen molar-refractivity contribution in [3.63, 3.8) is 0 Å². The third kappa shape index (κ3) is 3.06. The second-order valence-electron chi connectivity index (χ2n) is 4.84. The number of nitrogens with one attached hydrogen (secondary N) is 1. The molecule has 0 aliphatic heterocycles. The summed E-state index contributed by atoms with van der Waals surface area (Å²) in [5.74, 6) is 0.634. The molecule has 0 aliphatic rings. The van der Waals surface area contributed by atoms with Crippen LogP contribution in [0, 0.1) is 6.92 Å².